The van der Waals surface area contributed by atoms with Crippen LogP contribution in [0.1, 0.15) is 11.1 Å². The third-order valence-corrected chi connectivity index (χ3v) is 2.95. The molecule has 5 heteroatoms. The van der Waals surface area contributed by atoms with E-state index in [1.807, 2.05) is 31.2 Å². The van der Waals surface area contributed by atoms with Crippen molar-refractivity contribution in [1.82, 2.24) is 10.3 Å². The average molecular weight is 261 g/mol. The number of carbonyl (C=O) groups is 1. The maximum atomic E-state index is 11.6. The van der Waals surface area contributed by atoms with Gasteiger partial charge in [-0.15, -0.1) is 0 Å². The Morgan fingerprint density at radius 1 is 1.37 bits per heavy atom. The van der Waals surface area contributed by atoms with Gasteiger partial charge in [0.05, 0.1) is 26.0 Å². The number of hydrogen-bond acceptors (Lipinski definition) is 4. The zero-order valence-electron chi connectivity index (χ0n) is 11.1. The van der Waals surface area contributed by atoms with Crippen LogP contribution in [-0.2, 0) is 9.53 Å². The standard InChI is InChI=1S/C14H19N3O2/c1-12-2-4-13(5-3-12)10-15-16-14(18)11-17-6-8-19-9-7-17/h2-5,10H,6-9,11H2,1H3,(H,16,18). The molecular weight excluding hydrogens is 242 g/mol. The van der Waals surface area contributed by atoms with Crippen molar-refractivity contribution in [2.45, 2.75) is 6.92 Å². The van der Waals surface area contributed by atoms with Crippen LogP contribution in [0.5, 0.6) is 0 Å². The van der Waals surface area contributed by atoms with Gasteiger partial charge in [0.2, 0.25) is 0 Å². The number of hydrogen-bond donors (Lipinski definition) is 1. The Morgan fingerprint density at radius 2 is 2.05 bits per heavy atom. The van der Waals surface area contributed by atoms with Crippen molar-refractivity contribution in [1.29, 1.82) is 0 Å². The quantitative estimate of drug-likeness (QED) is 0.643. The first-order valence-electron chi connectivity index (χ1n) is 6.43. The second-order valence-electron chi connectivity index (χ2n) is 4.59. The summed E-state index contributed by atoms with van der Waals surface area (Å²) in [5, 5.41) is 3.95. The highest BCUT2D eigenvalue weighted by molar-refractivity contribution is 5.83. The van der Waals surface area contributed by atoms with E-state index in [4.69, 9.17) is 4.74 Å². The minimum Gasteiger partial charge on any atom is -0.379 e. The predicted molar refractivity (Wildman–Crippen MR) is 74.2 cm³/mol. The van der Waals surface area contributed by atoms with Crippen molar-refractivity contribution in [3.05, 3.63) is 35.4 Å². The molecule has 1 aromatic carbocycles. The fourth-order valence-corrected chi connectivity index (χ4v) is 1.83. The van der Waals surface area contributed by atoms with Crippen molar-refractivity contribution in [2.24, 2.45) is 5.10 Å². The number of nitrogens with zero attached hydrogens (tertiary/aromatic N) is 2. The Kier molecular flexibility index (Phi) is 5.06. The number of hydrazone groups is 1. The van der Waals surface area contributed by atoms with Gasteiger partial charge in [0.25, 0.3) is 5.91 Å². The average Bonchev–Trinajstić information content (AvgIpc) is 2.42. The lowest BCUT2D eigenvalue weighted by Crippen LogP contribution is -2.42. The number of nitrogens with one attached hydrogen (secondary N) is 1. The maximum absolute atomic E-state index is 11.6. The third kappa shape index (κ3) is 4.81. The van der Waals surface area contributed by atoms with Crippen molar-refractivity contribution in [3.8, 4) is 0 Å². The molecule has 1 aliphatic rings. The van der Waals surface area contributed by atoms with E-state index >= 15 is 0 Å². The minimum absolute atomic E-state index is 0.0924. The molecule has 0 unspecified atom stereocenters. The smallest absolute Gasteiger partial charge is 0.254 e. The van der Waals surface area contributed by atoms with Crippen molar-refractivity contribution in [3.63, 3.8) is 0 Å². The summed E-state index contributed by atoms with van der Waals surface area (Å²) in [6.45, 7) is 5.39. The number of morpholine rings is 1. The third-order valence-electron chi connectivity index (χ3n) is 2.95. The van der Waals surface area contributed by atoms with Crippen LogP contribution in [-0.4, -0.2) is 49.9 Å². The summed E-state index contributed by atoms with van der Waals surface area (Å²) in [5.41, 5.74) is 4.71. The first kappa shape index (κ1) is 13.7. The second kappa shape index (κ2) is 7.01. The molecule has 1 heterocycles. The van der Waals surface area contributed by atoms with E-state index in [0.717, 1.165) is 18.7 Å². The normalized spacial score (nSPS) is 16.7. The Labute approximate surface area is 113 Å². The Bertz CT molecular complexity index is 437. The van der Waals surface area contributed by atoms with Gasteiger partial charge < -0.3 is 4.74 Å². The van der Waals surface area contributed by atoms with Crippen LogP contribution in [0, 0.1) is 6.92 Å². The van der Waals surface area contributed by atoms with Gasteiger partial charge in [-0.05, 0) is 12.5 Å². The molecule has 1 fully saturated rings. The first-order chi connectivity index (χ1) is 9.24. The summed E-state index contributed by atoms with van der Waals surface area (Å²) in [4.78, 5) is 13.7. The summed E-state index contributed by atoms with van der Waals surface area (Å²) < 4.78 is 5.23. The summed E-state index contributed by atoms with van der Waals surface area (Å²) in [6, 6.07) is 7.95. The molecule has 0 aliphatic carbocycles. The summed E-state index contributed by atoms with van der Waals surface area (Å²) >= 11 is 0. The number of ether oxygens (including phenoxy) is 1. The molecular formula is C14H19N3O2. The number of amides is 1. The number of rotatable bonds is 4. The maximum Gasteiger partial charge on any atom is 0.254 e. The summed E-state index contributed by atoms with van der Waals surface area (Å²) in [6.07, 6.45) is 1.65. The van der Waals surface area contributed by atoms with Gasteiger partial charge in [0.1, 0.15) is 0 Å². The van der Waals surface area contributed by atoms with Crippen LogP contribution in [0.4, 0.5) is 0 Å². The number of benzene rings is 1. The van der Waals surface area contributed by atoms with E-state index in [2.05, 4.69) is 15.4 Å². The fourth-order valence-electron chi connectivity index (χ4n) is 1.83. The molecule has 0 radical (unpaired) electrons. The monoisotopic (exact) mass is 261 g/mol. The van der Waals surface area contributed by atoms with Crippen LogP contribution in [0.15, 0.2) is 29.4 Å². The van der Waals surface area contributed by atoms with Gasteiger partial charge in [-0.1, -0.05) is 29.8 Å². The van der Waals surface area contributed by atoms with Crippen LogP contribution in [0.3, 0.4) is 0 Å². The lowest BCUT2D eigenvalue weighted by molar-refractivity contribution is -0.123. The predicted octanol–water partition coefficient (Wildman–Crippen LogP) is 0.777. The van der Waals surface area contributed by atoms with Crippen molar-refractivity contribution < 1.29 is 9.53 Å². The largest absolute Gasteiger partial charge is 0.379 e. The van der Waals surface area contributed by atoms with E-state index in [1.54, 1.807) is 6.21 Å². The van der Waals surface area contributed by atoms with E-state index in [9.17, 15) is 4.79 Å². The first-order valence-corrected chi connectivity index (χ1v) is 6.43. The molecule has 102 valence electrons. The topological polar surface area (TPSA) is 53.9 Å². The Morgan fingerprint density at radius 3 is 2.74 bits per heavy atom. The second-order valence-corrected chi connectivity index (χ2v) is 4.59. The Balaban J connectivity index is 1.74. The molecule has 1 N–H and O–H groups in total. The van der Waals surface area contributed by atoms with Crippen LogP contribution in [0.25, 0.3) is 0 Å². The van der Waals surface area contributed by atoms with Gasteiger partial charge >= 0.3 is 0 Å². The van der Waals surface area contributed by atoms with Crippen LogP contribution < -0.4 is 5.43 Å². The lowest BCUT2D eigenvalue weighted by Gasteiger charge is -2.25. The van der Waals surface area contributed by atoms with E-state index < -0.39 is 0 Å². The van der Waals surface area contributed by atoms with Gasteiger partial charge in [-0.3, -0.25) is 9.69 Å². The van der Waals surface area contributed by atoms with Crippen molar-refractivity contribution >= 4 is 12.1 Å². The molecule has 0 saturated carbocycles. The SMILES string of the molecule is Cc1ccc(C=NNC(=O)CN2CCOCC2)cc1. The van der Waals surface area contributed by atoms with E-state index in [1.165, 1.54) is 5.56 Å². The van der Waals surface area contributed by atoms with Gasteiger partial charge in [0.15, 0.2) is 0 Å². The molecule has 19 heavy (non-hydrogen) atoms. The molecule has 1 aliphatic heterocycles. The molecule has 5 nitrogen and oxygen atoms in total. The molecule has 1 saturated heterocycles. The van der Waals surface area contributed by atoms with E-state index in [-0.39, 0.29) is 5.91 Å². The highest BCUT2D eigenvalue weighted by atomic mass is 16.5. The van der Waals surface area contributed by atoms with Gasteiger partial charge in [-0.25, -0.2) is 5.43 Å². The highest BCUT2D eigenvalue weighted by Crippen LogP contribution is 2.00. The molecule has 0 aromatic heterocycles. The summed E-state index contributed by atoms with van der Waals surface area (Å²) in [5.74, 6) is -0.0924. The van der Waals surface area contributed by atoms with Crippen molar-refractivity contribution in [2.75, 3.05) is 32.8 Å². The fraction of sp³-hybridized carbons (Fsp3) is 0.429. The molecule has 2 rings (SSSR count). The minimum atomic E-state index is -0.0924. The summed E-state index contributed by atoms with van der Waals surface area (Å²) in [7, 11) is 0. The number of carbonyl (C=O) groups excluding carboxylic acids is 1. The van der Waals surface area contributed by atoms with Crippen LogP contribution >= 0.6 is 0 Å². The highest BCUT2D eigenvalue weighted by Gasteiger charge is 2.13. The Hall–Kier alpha value is -1.72. The van der Waals surface area contributed by atoms with Crippen LogP contribution in [0.2, 0.25) is 0 Å². The molecule has 0 spiro atoms. The zero-order chi connectivity index (χ0) is 13.5. The van der Waals surface area contributed by atoms with E-state index in [0.29, 0.717) is 19.8 Å². The zero-order valence-corrected chi connectivity index (χ0v) is 11.1. The molecule has 0 atom stereocenters. The molecule has 1 amide bonds. The van der Waals surface area contributed by atoms with Gasteiger partial charge in [0, 0.05) is 13.1 Å². The molecule has 1 aromatic rings. The molecule has 0 bridgehead atoms. The number of aryl methyl sites for hydroxylation is 1. The lowest BCUT2D eigenvalue weighted by atomic mass is 10.2. The van der Waals surface area contributed by atoms with Gasteiger partial charge in [-0.2, -0.15) is 5.10 Å².